The number of allylic oxidation sites excluding steroid dienone is 4. The summed E-state index contributed by atoms with van der Waals surface area (Å²) in [5.41, 5.74) is 2.52. The zero-order valence-electron chi connectivity index (χ0n) is 14.7. The quantitative estimate of drug-likeness (QED) is 0.761. The van der Waals surface area contributed by atoms with Crippen molar-refractivity contribution in [1.82, 2.24) is 0 Å². The van der Waals surface area contributed by atoms with Crippen molar-refractivity contribution in [2.75, 3.05) is 7.11 Å². The predicted molar refractivity (Wildman–Crippen MR) is 93.4 cm³/mol. The van der Waals surface area contributed by atoms with Crippen molar-refractivity contribution in [3.05, 3.63) is 58.1 Å². The van der Waals surface area contributed by atoms with Gasteiger partial charge in [0.1, 0.15) is 11.5 Å². The molecule has 2 aliphatic carbocycles. The van der Waals surface area contributed by atoms with Gasteiger partial charge in [-0.25, -0.2) is 4.79 Å². The number of esters is 1. The third-order valence-corrected chi connectivity index (χ3v) is 5.31. The van der Waals surface area contributed by atoms with Crippen molar-refractivity contribution >= 4 is 17.5 Å². The Kier molecular flexibility index (Phi) is 4.23. The number of ether oxygens (including phenoxy) is 2. The minimum atomic E-state index is -0.411. The van der Waals surface area contributed by atoms with E-state index in [1.54, 1.807) is 24.3 Å². The minimum Gasteiger partial charge on any atom is -0.465 e. The largest absolute Gasteiger partial charge is 0.465 e. The molecule has 3 aliphatic rings. The zero-order valence-corrected chi connectivity index (χ0v) is 14.7. The van der Waals surface area contributed by atoms with Gasteiger partial charge in [-0.1, -0.05) is 12.1 Å². The molecule has 5 nitrogen and oxygen atoms in total. The van der Waals surface area contributed by atoms with Gasteiger partial charge in [0.2, 0.25) is 0 Å². The summed E-state index contributed by atoms with van der Waals surface area (Å²) in [4.78, 5) is 37.0. The standard InChI is InChI=1S/C21H20O5/c1-25-21(24)13-10-8-12(9-11-13)18-19-14(22)4-2-6-16(19)26-17-7-3-5-15(23)20(17)18/h8-11,18H,2-7H2,1H3. The van der Waals surface area contributed by atoms with E-state index in [0.717, 1.165) is 42.8 Å². The fraction of sp³-hybridized carbons (Fsp3) is 0.381. The molecule has 1 aromatic carbocycles. The topological polar surface area (TPSA) is 69.7 Å². The maximum atomic E-state index is 12.7. The Morgan fingerprint density at radius 1 is 0.923 bits per heavy atom. The van der Waals surface area contributed by atoms with Gasteiger partial charge in [0.15, 0.2) is 11.6 Å². The van der Waals surface area contributed by atoms with E-state index in [1.165, 1.54) is 7.11 Å². The van der Waals surface area contributed by atoms with Crippen LogP contribution < -0.4 is 0 Å². The van der Waals surface area contributed by atoms with Crippen LogP contribution in [0.4, 0.5) is 0 Å². The van der Waals surface area contributed by atoms with Crippen LogP contribution in [0.5, 0.6) is 0 Å². The number of benzene rings is 1. The third kappa shape index (κ3) is 2.68. The fourth-order valence-corrected chi connectivity index (χ4v) is 4.08. The summed E-state index contributed by atoms with van der Waals surface area (Å²) < 4.78 is 10.8. The van der Waals surface area contributed by atoms with E-state index in [4.69, 9.17) is 9.47 Å². The number of carbonyl (C=O) groups excluding carboxylic acids is 3. The number of methoxy groups -OCH3 is 1. The Labute approximate surface area is 151 Å². The summed E-state index contributed by atoms with van der Waals surface area (Å²) in [5, 5.41) is 0. The van der Waals surface area contributed by atoms with Crippen LogP contribution in [0.2, 0.25) is 0 Å². The molecule has 1 aliphatic heterocycles. The second-order valence-corrected chi connectivity index (χ2v) is 6.88. The van der Waals surface area contributed by atoms with Crippen LogP contribution in [-0.4, -0.2) is 24.6 Å². The highest BCUT2D eigenvalue weighted by Gasteiger charge is 2.41. The van der Waals surface area contributed by atoms with Gasteiger partial charge in [0.05, 0.1) is 12.7 Å². The first kappa shape index (κ1) is 16.8. The molecular weight excluding hydrogens is 332 g/mol. The Morgan fingerprint density at radius 2 is 1.46 bits per heavy atom. The van der Waals surface area contributed by atoms with Crippen LogP contribution in [0.25, 0.3) is 0 Å². The maximum absolute atomic E-state index is 12.7. The number of hydrogen-bond donors (Lipinski definition) is 0. The smallest absolute Gasteiger partial charge is 0.337 e. The average Bonchev–Trinajstić information content (AvgIpc) is 2.66. The molecule has 134 valence electrons. The first-order chi connectivity index (χ1) is 12.6. The van der Waals surface area contributed by atoms with Crippen LogP contribution in [0.1, 0.15) is 60.4 Å². The van der Waals surface area contributed by atoms with Gasteiger partial charge < -0.3 is 9.47 Å². The Morgan fingerprint density at radius 3 is 1.96 bits per heavy atom. The van der Waals surface area contributed by atoms with Crippen LogP contribution >= 0.6 is 0 Å². The van der Waals surface area contributed by atoms with Gasteiger partial charge in [-0.2, -0.15) is 0 Å². The van der Waals surface area contributed by atoms with Crippen LogP contribution in [0.15, 0.2) is 46.9 Å². The lowest BCUT2D eigenvalue weighted by atomic mass is 9.73. The summed E-state index contributed by atoms with van der Waals surface area (Å²) >= 11 is 0. The van der Waals surface area contributed by atoms with E-state index in [2.05, 4.69) is 0 Å². The van der Waals surface area contributed by atoms with Crippen molar-refractivity contribution < 1.29 is 23.9 Å². The molecule has 0 spiro atoms. The highest BCUT2D eigenvalue weighted by Crippen LogP contribution is 2.47. The molecule has 5 heteroatoms. The van der Waals surface area contributed by atoms with E-state index in [0.29, 0.717) is 29.6 Å². The molecule has 0 atom stereocenters. The van der Waals surface area contributed by atoms with E-state index < -0.39 is 5.97 Å². The Hall–Kier alpha value is -2.69. The molecule has 0 saturated carbocycles. The molecular formula is C21H20O5. The molecule has 26 heavy (non-hydrogen) atoms. The van der Waals surface area contributed by atoms with Gasteiger partial charge in [0, 0.05) is 42.7 Å². The van der Waals surface area contributed by atoms with E-state index in [-0.39, 0.29) is 17.5 Å². The van der Waals surface area contributed by atoms with Crippen molar-refractivity contribution in [2.45, 2.75) is 44.4 Å². The summed E-state index contributed by atoms with van der Waals surface area (Å²) in [6, 6.07) is 6.97. The lowest BCUT2D eigenvalue weighted by Crippen LogP contribution is -2.30. The number of ketones is 2. The molecule has 1 aromatic rings. The maximum Gasteiger partial charge on any atom is 0.337 e. The highest BCUT2D eigenvalue weighted by molar-refractivity contribution is 6.05. The van der Waals surface area contributed by atoms with Crippen LogP contribution in [0.3, 0.4) is 0 Å². The Bertz CT molecular complexity index is 815. The van der Waals surface area contributed by atoms with Crippen molar-refractivity contribution in [1.29, 1.82) is 0 Å². The number of hydrogen-bond acceptors (Lipinski definition) is 5. The van der Waals surface area contributed by atoms with Crippen molar-refractivity contribution in [2.24, 2.45) is 0 Å². The lowest BCUT2D eigenvalue weighted by molar-refractivity contribution is -0.117. The zero-order chi connectivity index (χ0) is 18.3. The van der Waals surface area contributed by atoms with E-state index in [9.17, 15) is 14.4 Å². The molecule has 0 radical (unpaired) electrons. The van der Waals surface area contributed by atoms with Crippen LogP contribution in [-0.2, 0) is 19.1 Å². The van der Waals surface area contributed by atoms with Gasteiger partial charge in [-0.3, -0.25) is 9.59 Å². The van der Waals surface area contributed by atoms with Crippen molar-refractivity contribution in [3.63, 3.8) is 0 Å². The number of Topliss-reactive ketones (excluding diaryl/α,β-unsaturated/α-hetero) is 2. The third-order valence-electron chi connectivity index (χ3n) is 5.31. The van der Waals surface area contributed by atoms with E-state index >= 15 is 0 Å². The minimum absolute atomic E-state index is 0.0539. The molecule has 4 rings (SSSR count). The SMILES string of the molecule is COC(=O)c1ccc(C2C3=C(CCCC3=O)OC3=C2C(=O)CCC3)cc1. The number of rotatable bonds is 2. The van der Waals surface area contributed by atoms with Gasteiger partial charge >= 0.3 is 5.97 Å². The van der Waals surface area contributed by atoms with Crippen LogP contribution in [0, 0.1) is 0 Å². The average molecular weight is 352 g/mol. The highest BCUT2D eigenvalue weighted by atomic mass is 16.5. The summed E-state index contributed by atoms with van der Waals surface area (Å²) in [7, 11) is 1.34. The lowest BCUT2D eigenvalue weighted by Gasteiger charge is -2.36. The normalized spacial score (nSPS) is 20.5. The summed E-state index contributed by atoms with van der Waals surface area (Å²) in [6.45, 7) is 0. The molecule has 1 heterocycles. The molecule has 0 saturated heterocycles. The van der Waals surface area contributed by atoms with Crippen molar-refractivity contribution in [3.8, 4) is 0 Å². The second kappa shape index (κ2) is 6.56. The fourth-order valence-electron chi connectivity index (χ4n) is 4.08. The van der Waals surface area contributed by atoms with Gasteiger partial charge in [0.25, 0.3) is 0 Å². The summed E-state index contributed by atoms with van der Waals surface area (Å²) in [5.74, 6) is 0.747. The summed E-state index contributed by atoms with van der Waals surface area (Å²) in [6.07, 6.45) is 3.97. The first-order valence-corrected chi connectivity index (χ1v) is 8.98. The predicted octanol–water partition coefficient (Wildman–Crippen LogP) is 3.60. The molecule has 0 aromatic heterocycles. The molecule has 0 bridgehead atoms. The van der Waals surface area contributed by atoms with E-state index in [1.807, 2.05) is 0 Å². The second-order valence-electron chi connectivity index (χ2n) is 6.88. The number of carbonyl (C=O) groups is 3. The van der Waals surface area contributed by atoms with Gasteiger partial charge in [-0.15, -0.1) is 0 Å². The van der Waals surface area contributed by atoms with Gasteiger partial charge in [-0.05, 0) is 30.5 Å². The monoisotopic (exact) mass is 352 g/mol. The molecule has 0 amide bonds. The Balaban J connectivity index is 1.83. The first-order valence-electron chi connectivity index (χ1n) is 8.98. The molecule has 0 unspecified atom stereocenters. The molecule has 0 fully saturated rings. The molecule has 0 N–H and O–H groups in total.